The molecule has 36 heavy (non-hydrogen) atoms. The summed E-state index contributed by atoms with van der Waals surface area (Å²) in [5.74, 6) is 0. The van der Waals surface area contributed by atoms with Gasteiger partial charge in [0.25, 0.3) is 0 Å². The highest BCUT2D eigenvalue weighted by Crippen LogP contribution is 2.43. The summed E-state index contributed by atoms with van der Waals surface area (Å²) < 4.78 is 2.24. The van der Waals surface area contributed by atoms with E-state index in [1.807, 2.05) is 0 Å². The van der Waals surface area contributed by atoms with E-state index in [-0.39, 0.29) is 10.8 Å². The fraction of sp³-hybridized carbons (Fsp3) is 0.235. The third-order valence-corrected chi connectivity index (χ3v) is 8.50. The molecule has 0 heterocycles. The number of benzene rings is 5. The standard InChI is InChI=1S/C34H32Br2/c1-33(2,3)23-11-7-21(8-12-23)31-27-15-16-28-26(25(27)17-19-29(31)35)18-20-30(36)32(28)22-9-13-24(14-10-22)34(4,5)6/h7-20H,1-6H3. The lowest BCUT2D eigenvalue weighted by molar-refractivity contribution is 0.590. The van der Waals surface area contributed by atoms with Crippen LogP contribution in [-0.4, -0.2) is 0 Å². The summed E-state index contributed by atoms with van der Waals surface area (Å²) in [4.78, 5) is 0. The molecule has 0 bridgehead atoms. The highest BCUT2D eigenvalue weighted by Gasteiger charge is 2.18. The molecule has 5 aromatic rings. The molecule has 0 saturated heterocycles. The fourth-order valence-electron chi connectivity index (χ4n) is 5.03. The minimum atomic E-state index is 0.138. The van der Waals surface area contributed by atoms with Gasteiger partial charge in [0.05, 0.1) is 0 Å². The van der Waals surface area contributed by atoms with E-state index in [0.717, 1.165) is 8.95 Å². The molecule has 0 fully saturated rings. The SMILES string of the molecule is CC(C)(C)c1ccc(-c2c(Br)ccc3c2ccc2c(-c4ccc(C(C)(C)C)cc4)c(Br)ccc23)cc1. The first-order chi connectivity index (χ1) is 16.9. The first-order valence-corrected chi connectivity index (χ1v) is 14.1. The van der Waals surface area contributed by atoms with Crippen LogP contribution in [0.15, 0.2) is 93.9 Å². The van der Waals surface area contributed by atoms with E-state index in [1.54, 1.807) is 0 Å². The van der Waals surface area contributed by atoms with E-state index in [0.29, 0.717) is 0 Å². The maximum Gasteiger partial charge on any atom is 0.0260 e. The minimum absolute atomic E-state index is 0.138. The first-order valence-electron chi connectivity index (χ1n) is 12.5. The van der Waals surface area contributed by atoms with Crippen molar-refractivity contribution in [2.75, 3.05) is 0 Å². The molecule has 0 aliphatic carbocycles. The van der Waals surface area contributed by atoms with Gasteiger partial charge in [0.15, 0.2) is 0 Å². The summed E-state index contributed by atoms with van der Waals surface area (Å²) in [7, 11) is 0. The van der Waals surface area contributed by atoms with E-state index in [4.69, 9.17) is 0 Å². The van der Waals surface area contributed by atoms with Crippen molar-refractivity contribution in [1.29, 1.82) is 0 Å². The molecule has 0 atom stereocenters. The van der Waals surface area contributed by atoms with Crippen LogP contribution in [0.3, 0.4) is 0 Å². The smallest absolute Gasteiger partial charge is 0.0260 e. The molecule has 2 heteroatoms. The van der Waals surface area contributed by atoms with E-state index in [2.05, 4.69) is 158 Å². The Hall–Kier alpha value is -2.42. The van der Waals surface area contributed by atoms with Crippen LogP contribution in [0.25, 0.3) is 43.8 Å². The highest BCUT2D eigenvalue weighted by molar-refractivity contribution is 9.11. The van der Waals surface area contributed by atoms with Crippen LogP contribution in [0.1, 0.15) is 52.7 Å². The maximum atomic E-state index is 3.85. The average Bonchev–Trinajstić information content (AvgIpc) is 2.82. The van der Waals surface area contributed by atoms with Gasteiger partial charge in [-0.15, -0.1) is 0 Å². The number of hydrogen-bond donors (Lipinski definition) is 0. The molecule has 0 aliphatic rings. The van der Waals surface area contributed by atoms with Gasteiger partial charge in [-0.3, -0.25) is 0 Å². The predicted octanol–water partition coefficient (Wildman–Crippen LogP) is 11.4. The molecule has 0 N–H and O–H groups in total. The van der Waals surface area contributed by atoms with E-state index < -0.39 is 0 Å². The van der Waals surface area contributed by atoms with Crippen LogP contribution in [-0.2, 0) is 10.8 Å². The van der Waals surface area contributed by atoms with Gasteiger partial charge < -0.3 is 0 Å². The zero-order chi connectivity index (χ0) is 25.8. The van der Waals surface area contributed by atoms with Gasteiger partial charge in [-0.25, -0.2) is 0 Å². The third-order valence-electron chi connectivity index (χ3n) is 7.18. The number of halogens is 2. The highest BCUT2D eigenvalue weighted by atomic mass is 79.9. The summed E-state index contributed by atoms with van der Waals surface area (Å²) >= 11 is 7.71. The van der Waals surface area contributed by atoms with Gasteiger partial charge >= 0.3 is 0 Å². The molecule has 0 saturated carbocycles. The van der Waals surface area contributed by atoms with E-state index in [1.165, 1.54) is 54.9 Å². The molecular formula is C34H32Br2. The van der Waals surface area contributed by atoms with Crippen molar-refractivity contribution in [2.45, 2.75) is 52.4 Å². The Labute approximate surface area is 232 Å². The van der Waals surface area contributed by atoms with Gasteiger partial charge in [-0.1, -0.05) is 146 Å². The summed E-state index contributed by atoms with van der Waals surface area (Å²) in [6, 6.07) is 31.5. The Morgan fingerprint density at radius 2 is 0.694 bits per heavy atom. The second kappa shape index (κ2) is 9.15. The average molecular weight is 600 g/mol. The van der Waals surface area contributed by atoms with Crippen molar-refractivity contribution >= 4 is 53.4 Å². The van der Waals surface area contributed by atoms with Crippen molar-refractivity contribution in [2.24, 2.45) is 0 Å². The monoisotopic (exact) mass is 598 g/mol. The van der Waals surface area contributed by atoms with Gasteiger partial charge in [0.2, 0.25) is 0 Å². The minimum Gasteiger partial charge on any atom is -0.0579 e. The molecule has 0 amide bonds. The zero-order valence-electron chi connectivity index (χ0n) is 21.8. The Morgan fingerprint density at radius 1 is 0.389 bits per heavy atom. The predicted molar refractivity (Wildman–Crippen MR) is 165 cm³/mol. The second-order valence-corrected chi connectivity index (χ2v) is 13.5. The first kappa shape index (κ1) is 25.2. The van der Waals surface area contributed by atoms with Crippen molar-refractivity contribution in [1.82, 2.24) is 0 Å². The lowest BCUT2D eigenvalue weighted by Crippen LogP contribution is -2.10. The van der Waals surface area contributed by atoms with Crippen LogP contribution >= 0.6 is 31.9 Å². The van der Waals surface area contributed by atoms with Crippen LogP contribution in [0.4, 0.5) is 0 Å². The lowest BCUT2D eigenvalue weighted by atomic mass is 9.85. The number of fused-ring (bicyclic) bond motifs is 3. The third kappa shape index (κ3) is 4.55. The van der Waals surface area contributed by atoms with E-state index in [9.17, 15) is 0 Å². The summed E-state index contributed by atoms with van der Waals surface area (Å²) in [6.07, 6.45) is 0. The molecule has 0 aromatic heterocycles. The molecule has 182 valence electrons. The summed E-state index contributed by atoms with van der Waals surface area (Å²) in [5.41, 5.74) is 7.92. The van der Waals surface area contributed by atoms with Gasteiger partial charge in [0.1, 0.15) is 0 Å². The summed E-state index contributed by atoms with van der Waals surface area (Å²) in [6.45, 7) is 13.5. The molecule has 0 radical (unpaired) electrons. The molecule has 5 aromatic carbocycles. The van der Waals surface area contributed by atoms with Crippen LogP contribution in [0, 0.1) is 0 Å². The Kier molecular flexibility index (Phi) is 6.42. The number of hydrogen-bond acceptors (Lipinski definition) is 0. The second-order valence-electron chi connectivity index (χ2n) is 11.8. The van der Waals surface area contributed by atoms with E-state index >= 15 is 0 Å². The fourth-order valence-corrected chi connectivity index (χ4v) is 6.18. The summed E-state index contributed by atoms with van der Waals surface area (Å²) in [5, 5.41) is 5.06. The van der Waals surface area contributed by atoms with Crippen molar-refractivity contribution in [3.05, 3.63) is 105 Å². The molecule has 0 spiro atoms. The van der Waals surface area contributed by atoms with Gasteiger partial charge in [-0.2, -0.15) is 0 Å². The molecule has 0 unspecified atom stereocenters. The molecule has 0 aliphatic heterocycles. The van der Waals surface area contributed by atoms with Crippen LogP contribution in [0.2, 0.25) is 0 Å². The van der Waals surface area contributed by atoms with Gasteiger partial charge in [0, 0.05) is 20.1 Å². The van der Waals surface area contributed by atoms with Crippen molar-refractivity contribution < 1.29 is 0 Å². The zero-order valence-corrected chi connectivity index (χ0v) is 25.0. The Bertz CT molecular complexity index is 1450. The van der Waals surface area contributed by atoms with Crippen LogP contribution < -0.4 is 0 Å². The quantitative estimate of drug-likeness (QED) is 0.177. The number of rotatable bonds is 2. The molecule has 0 nitrogen and oxygen atoms in total. The molecular weight excluding hydrogens is 568 g/mol. The Morgan fingerprint density at radius 3 is 1.00 bits per heavy atom. The normalized spacial score (nSPS) is 12.4. The lowest BCUT2D eigenvalue weighted by Gasteiger charge is -2.20. The largest absolute Gasteiger partial charge is 0.0579 e. The Balaban J connectivity index is 1.71. The topological polar surface area (TPSA) is 0 Å². The maximum absolute atomic E-state index is 3.85. The van der Waals surface area contributed by atoms with Gasteiger partial charge in [-0.05, 0) is 66.8 Å². The molecule has 5 rings (SSSR count). The van der Waals surface area contributed by atoms with Crippen LogP contribution in [0.5, 0.6) is 0 Å². The van der Waals surface area contributed by atoms with Crippen molar-refractivity contribution in [3.63, 3.8) is 0 Å². The van der Waals surface area contributed by atoms with Crippen molar-refractivity contribution in [3.8, 4) is 22.3 Å².